The number of likely N-dealkylation sites (tertiary alicyclic amines) is 1. The van der Waals surface area contributed by atoms with Gasteiger partial charge in [0.2, 0.25) is 0 Å². The first-order chi connectivity index (χ1) is 14.8. The van der Waals surface area contributed by atoms with Crippen molar-refractivity contribution in [3.8, 4) is 0 Å². The minimum atomic E-state index is 0.595. The zero-order valence-electron chi connectivity index (χ0n) is 19.3. The summed E-state index contributed by atoms with van der Waals surface area (Å²) in [5, 5.41) is 0. The van der Waals surface area contributed by atoms with Gasteiger partial charge in [-0.25, -0.2) is 0 Å². The molecule has 1 fully saturated rings. The molecule has 2 nitrogen and oxygen atoms in total. The third-order valence-corrected chi connectivity index (χ3v) is 6.73. The van der Waals surface area contributed by atoms with E-state index in [1.807, 2.05) is 0 Å². The van der Waals surface area contributed by atoms with E-state index >= 15 is 0 Å². The van der Waals surface area contributed by atoms with Gasteiger partial charge in [-0.15, -0.1) is 0 Å². The molecule has 0 radical (unpaired) electrons. The average molecular weight is 407 g/mol. The molecule has 3 rings (SSSR count). The smallest absolute Gasteiger partial charge is 0.0369 e. The fraction of sp³-hybridized carbons (Fsp3) is 0.571. The summed E-state index contributed by atoms with van der Waals surface area (Å²) in [5.74, 6) is 0. The standard InChI is InChI=1S/C28H42N2/c1-3-4-5-6-7-10-16-25(2)30(27-19-13-9-14-20-27)24-28-21-15-22-29(28)23-26-17-11-8-12-18-26/h8-9,11-14,17-20,25,28H,3-7,10,15-16,21-24H2,1-2H3. The van der Waals surface area contributed by atoms with Crippen LogP contribution in [0.1, 0.15) is 77.2 Å². The van der Waals surface area contributed by atoms with Crippen molar-refractivity contribution in [3.05, 3.63) is 66.2 Å². The summed E-state index contributed by atoms with van der Waals surface area (Å²) < 4.78 is 0. The van der Waals surface area contributed by atoms with Gasteiger partial charge >= 0.3 is 0 Å². The fourth-order valence-electron chi connectivity index (χ4n) is 4.89. The van der Waals surface area contributed by atoms with Crippen molar-refractivity contribution in [2.24, 2.45) is 0 Å². The molecule has 1 saturated heterocycles. The zero-order chi connectivity index (χ0) is 21.0. The van der Waals surface area contributed by atoms with Crippen molar-refractivity contribution in [2.75, 3.05) is 18.0 Å². The van der Waals surface area contributed by atoms with Crippen molar-refractivity contribution in [3.63, 3.8) is 0 Å². The molecule has 0 saturated carbocycles. The van der Waals surface area contributed by atoms with Crippen LogP contribution in [-0.4, -0.2) is 30.1 Å². The Morgan fingerprint density at radius 2 is 1.57 bits per heavy atom. The number of para-hydroxylation sites is 1. The summed E-state index contributed by atoms with van der Waals surface area (Å²) >= 11 is 0. The zero-order valence-corrected chi connectivity index (χ0v) is 19.3. The maximum atomic E-state index is 2.71. The van der Waals surface area contributed by atoms with Crippen LogP contribution in [0.15, 0.2) is 60.7 Å². The molecule has 1 heterocycles. The fourth-order valence-corrected chi connectivity index (χ4v) is 4.89. The van der Waals surface area contributed by atoms with E-state index in [1.165, 1.54) is 75.6 Å². The number of nitrogens with zero attached hydrogens (tertiary/aromatic N) is 2. The molecule has 2 aromatic rings. The summed E-state index contributed by atoms with van der Waals surface area (Å²) in [6.07, 6.45) is 12.2. The predicted molar refractivity (Wildman–Crippen MR) is 131 cm³/mol. The number of hydrogen-bond donors (Lipinski definition) is 0. The van der Waals surface area contributed by atoms with Crippen LogP contribution in [0.5, 0.6) is 0 Å². The maximum absolute atomic E-state index is 2.71. The van der Waals surface area contributed by atoms with Crippen LogP contribution in [0, 0.1) is 0 Å². The lowest BCUT2D eigenvalue weighted by Crippen LogP contribution is -2.44. The molecule has 0 aromatic heterocycles. The second-order valence-electron chi connectivity index (χ2n) is 9.15. The number of benzene rings is 2. The lowest BCUT2D eigenvalue weighted by molar-refractivity contribution is 0.243. The van der Waals surface area contributed by atoms with Crippen molar-refractivity contribution in [2.45, 2.75) is 90.3 Å². The van der Waals surface area contributed by atoms with Gasteiger partial charge in [0, 0.05) is 30.9 Å². The summed E-state index contributed by atoms with van der Waals surface area (Å²) in [6, 6.07) is 23.4. The van der Waals surface area contributed by atoms with Crippen molar-refractivity contribution < 1.29 is 0 Å². The molecule has 2 atom stereocenters. The van der Waals surface area contributed by atoms with Crippen LogP contribution in [0.3, 0.4) is 0 Å². The van der Waals surface area contributed by atoms with Gasteiger partial charge in [-0.2, -0.15) is 0 Å². The van der Waals surface area contributed by atoms with E-state index in [-0.39, 0.29) is 0 Å². The van der Waals surface area contributed by atoms with Gasteiger partial charge in [-0.05, 0) is 50.4 Å². The summed E-state index contributed by atoms with van der Waals surface area (Å²) in [4.78, 5) is 5.41. The molecule has 1 aliphatic rings. The highest BCUT2D eigenvalue weighted by Crippen LogP contribution is 2.26. The molecule has 0 bridgehead atoms. The molecular weight excluding hydrogens is 364 g/mol. The van der Waals surface area contributed by atoms with E-state index in [0.29, 0.717) is 12.1 Å². The van der Waals surface area contributed by atoms with E-state index in [9.17, 15) is 0 Å². The normalized spacial score (nSPS) is 17.9. The lowest BCUT2D eigenvalue weighted by Gasteiger charge is -2.36. The second kappa shape index (κ2) is 12.8. The van der Waals surface area contributed by atoms with E-state index in [4.69, 9.17) is 0 Å². The molecule has 30 heavy (non-hydrogen) atoms. The summed E-state index contributed by atoms with van der Waals surface area (Å²) in [7, 11) is 0. The first-order valence-corrected chi connectivity index (χ1v) is 12.4. The van der Waals surface area contributed by atoms with Crippen LogP contribution in [0.2, 0.25) is 0 Å². The molecule has 0 spiro atoms. The minimum absolute atomic E-state index is 0.595. The van der Waals surface area contributed by atoms with Crippen LogP contribution in [-0.2, 0) is 6.54 Å². The van der Waals surface area contributed by atoms with Crippen LogP contribution in [0.4, 0.5) is 5.69 Å². The number of anilines is 1. The van der Waals surface area contributed by atoms with E-state index in [2.05, 4.69) is 84.3 Å². The average Bonchev–Trinajstić information content (AvgIpc) is 3.22. The highest BCUT2D eigenvalue weighted by Gasteiger charge is 2.28. The SMILES string of the molecule is CCCCCCCCC(C)N(CC1CCCN1Cc1ccccc1)c1ccccc1. The molecule has 2 unspecified atom stereocenters. The Kier molecular flexibility index (Phi) is 9.76. The predicted octanol–water partition coefficient (Wildman–Crippen LogP) is 7.30. The lowest BCUT2D eigenvalue weighted by atomic mass is 10.0. The molecule has 2 heteroatoms. The monoisotopic (exact) mass is 406 g/mol. The van der Waals surface area contributed by atoms with Gasteiger partial charge in [0.05, 0.1) is 0 Å². The number of hydrogen-bond acceptors (Lipinski definition) is 2. The molecule has 0 aliphatic carbocycles. The molecule has 1 aliphatic heterocycles. The van der Waals surface area contributed by atoms with Gasteiger partial charge in [0.15, 0.2) is 0 Å². The highest BCUT2D eigenvalue weighted by atomic mass is 15.2. The number of rotatable bonds is 13. The Morgan fingerprint density at radius 3 is 2.30 bits per heavy atom. The van der Waals surface area contributed by atoms with Crippen molar-refractivity contribution >= 4 is 5.69 Å². The molecule has 2 aromatic carbocycles. The van der Waals surface area contributed by atoms with Gasteiger partial charge in [0.25, 0.3) is 0 Å². The van der Waals surface area contributed by atoms with Crippen molar-refractivity contribution in [1.82, 2.24) is 4.90 Å². The third-order valence-electron chi connectivity index (χ3n) is 6.73. The Hall–Kier alpha value is -1.80. The first kappa shape index (κ1) is 22.9. The Bertz CT molecular complexity index is 684. The largest absolute Gasteiger partial charge is 0.367 e. The van der Waals surface area contributed by atoms with E-state index in [0.717, 1.165) is 13.1 Å². The molecule has 164 valence electrons. The molecule has 0 amide bonds. The maximum Gasteiger partial charge on any atom is 0.0369 e. The van der Waals surface area contributed by atoms with Crippen molar-refractivity contribution in [1.29, 1.82) is 0 Å². The third kappa shape index (κ3) is 7.16. The van der Waals surface area contributed by atoms with Crippen LogP contribution >= 0.6 is 0 Å². The highest BCUT2D eigenvalue weighted by molar-refractivity contribution is 5.47. The minimum Gasteiger partial charge on any atom is -0.367 e. The Labute approximate surface area is 185 Å². The van der Waals surface area contributed by atoms with Crippen LogP contribution in [0.25, 0.3) is 0 Å². The number of unbranched alkanes of at least 4 members (excludes halogenated alkanes) is 5. The van der Waals surface area contributed by atoms with Crippen LogP contribution < -0.4 is 4.90 Å². The summed E-state index contributed by atoms with van der Waals surface area (Å²) in [5.41, 5.74) is 2.83. The van der Waals surface area contributed by atoms with Gasteiger partial charge < -0.3 is 4.90 Å². The van der Waals surface area contributed by atoms with E-state index in [1.54, 1.807) is 0 Å². The second-order valence-corrected chi connectivity index (χ2v) is 9.15. The molecule has 0 N–H and O–H groups in total. The first-order valence-electron chi connectivity index (χ1n) is 12.4. The van der Waals surface area contributed by atoms with Gasteiger partial charge in [0.1, 0.15) is 0 Å². The quantitative estimate of drug-likeness (QED) is 0.322. The topological polar surface area (TPSA) is 6.48 Å². The van der Waals surface area contributed by atoms with Gasteiger partial charge in [-0.1, -0.05) is 94.0 Å². The van der Waals surface area contributed by atoms with E-state index < -0.39 is 0 Å². The Morgan fingerprint density at radius 1 is 0.900 bits per heavy atom. The molecular formula is C28H42N2. The van der Waals surface area contributed by atoms with Gasteiger partial charge in [-0.3, -0.25) is 4.90 Å². The summed E-state index contributed by atoms with van der Waals surface area (Å²) in [6.45, 7) is 8.20. The Balaban J connectivity index is 1.59.